The highest BCUT2D eigenvalue weighted by atomic mass is 32.1. The van der Waals surface area contributed by atoms with Crippen molar-refractivity contribution in [2.45, 2.75) is 0 Å². The van der Waals surface area contributed by atoms with Gasteiger partial charge >= 0.3 is 0 Å². The van der Waals surface area contributed by atoms with E-state index in [4.69, 9.17) is 22.7 Å². The fraction of sp³-hybridized carbons (Fsp3) is 0.333. The summed E-state index contributed by atoms with van der Waals surface area (Å²) in [6.07, 6.45) is 0. The van der Waals surface area contributed by atoms with Crippen LogP contribution in [0.15, 0.2) is 24.3 Å². The number of thiocarbonyl (C=S) groups is 1. The van der Waals surface area contributed by atoms with Gasteiger partial charge in [-0.25, -0.2) is 0 Å². The van der Waals surface area contributed by atoms with E-state index < -0.39 is 0 Å². The highest BCUT2D eigenvalue weighted by molar-refractivity contribution is 7.80. The molecule has 2 N–H and O–H groups in total. The molecule has 0 aliphatic carbocycles. The molecule has 5 heteroatoms. The van der Waals surface area contributed by atoms with Crippen LogP contribution < -0.4 is 5.73 Å². The van der Waals surface area contributed by atoms with E-state index in [2.05, 4.69) is 0 Å². The van der Waals surface area contributed by atoms with Crippen LogP contribution in [0.1, 0.15) is 15.9 Å². The number of hydrogen-bond donors (Lipinski definition) is 1. The van der Waals surface area contributed by atoms with E-state index in [1.54, 1.807) is 29.2 Å². The minimum atomic E-state index is 0.0304. The summed E-state index contributed by atoms with van der Waals surface area (Å²) in [6, 6.07) is 7.06. The van der Waals surface area contributed by atoms with E-state index in [0.717, 1.165) is 5.56 Å². The van der Waals surface area contributed by atoms with Gasteiger partial charge in [-0.05, 0) is 12.1 Å². The zero-order chi connectivity index (χ0) is 12.3. The van der Waals surface area contributed by atoms with Crippen LogP contribution in [0.2, 0.25) is 0 Å². The zero-order valence-electron chi connectivity index (χ0n) is 9.39. The monoisotopic (exact) mass is 250 g/mol. The standard InChI is InChI=1S/C12H14N2O2S/c13-11(17)9-1-3-10(4-2-9)12(15)14-5-7-16-8-6-14/h1-4H,5-8H2,(H2,13,17). The topological polar surface area (TPSA) is 55.6 Å². The van der Waals surface area contributed by atoms with E-state index in [-0.39, 0.29) is 5.91 Å². The number of benzene rings is 1. The summed E-state index contributed by atoms with van der Waals surface area (Å²) in [5.41, 5.74) is 6.94. The number of nitrogens with two attached hydrogens (primary N) is 1. The van der Waals surface area contributed by atoms with Gasteiger partial charge in [0, 0.05) is 24.2 Å². The molecule has 1 aliphatic rings. The van der Waals surface area contributed by atoms with Crippen molar-refractivity contribution in [3.63, 3.8) is 0 Å². The molecule has 0 aromatic heterocycles. The van der Waals surface area contributed by atoms with Gasteiger partial charge in [-0.1, -0.05) is 24.4 Å². The molecule has 0 unspecified atom stereocenters. The number of nitrogens with zero attached hydrogens (tertiary/aromatic N) is 1. The van der Waals surface area contributed by atoms with Crippen LogP contribution in [0.25, 0.3) is 0 Å². The second kappa shape index (κ2) is 5.25. The van der Waals surface area contributed by atoms with Crippen molar-refractivity contribution < 1.29 is 9.53 Å². The molecule has 0 radical (unpaired) electrons. The van der Waals surface area contributed by atoms with Crippen LogP contribution in [0, 0.1) is 0 Å². The number of rotatable bonds is 2. The van der Waals surface area contributed by atoms with Gasteiger partial charge in [0.1, 0.15) is 4.99 Å². The molecule has 0 saturated carbocycles. The lowest BCUT2D eigenvalue weighted by atomic mass is 10.1. The maximum atomic E-state index is 12.1. The van der Waals surface area contributed by atoms with E-state index in [0.29, 0.717) is 36.9 Å². The fourth-order valence-corrected chi connectivity index (χ4v) is 1.86. The van der Waals surface area contributed by atoms with E-state index in [9.17, 15) is 4.79 Å². The molecule has 90 valence electrons. The Morgan fingerprint density at radius 3 is 2.24 bits per heavy atom. The maximum Gasteiger partial charge on any atom is 0.254 e. The predicted octanol–water partition coefficient (Wildman–Crippen LogP) is 0.793. The number of carbonyl (C=O) groups excluding carboxylic acids is 1. The minimum Gasteiger partial charge on any atom is -0.389 e. The normalized spacial score (nSPS) is 15.6. The molecule has 1 amide bonds. The molecule has 0 atom stereocenters. The number of carbonyl (C=O) groups is 1. The van der Waals surface area contributed by atoms with Crippen molar-refractivity contribution in [3.05, 3.63) is 35.4 Å². The lowest BCUT2D eigenvalue weighted by Crippen LogP contribution is -2.40. The first kappa shape index (κ1) is 12.0. The number of ether oxygens (including phenoxy) is 1. The van der Waals surface area contributed by atoms with Crippen LogP contribution in [-0.4, -0.2) is 42.1 Å². The number of morpholine rings is 1. The molecule has 1 fully saturated rings. The van der Waals surface area contributed by atoms with Crippen LogP contribution in [-0.2, 0) is 4.74 Å². The van der Waals surface area contributed by atoms with Crippen molar-refractivity contribution in [2.24, 2.45) is 5.73 Å². The third-order valence-corrected chi connectivity index (χ3v) is 2.95. The summed E-state index contributed by atoms with van der Waals surface area (Å²) in [4.78, 5) is 14.2. The molecule has 4 nitrogen and oxygen atoms in total. The average molecular weight is 250 g/mol. The van der Waals surface area contributed by atoms with Crippen molar-refractivity contribution >= 4 is 23.1 Å². The van der Waals surface area contributed by atoms with Crippen LogP contribution in [0.4, 0.5) is 0 Å². The first-order valence-electron chi connectivity index (χ1n) is 5.45. The lowest BCUT2D eigenvalue weighted by Gasteiger charge is -2.26. The summed E-state index contributed by atoms with van der Waals surface area (Å²) >= 11 is 4.86. The molecule has 1 aromatic rings. The highest BCUT2D eigenvalue weighted by Gasteiger charge is 2.18. The van der Waals surface area contributed by atoms with Crippen LogP contribution in [0.5, 0.6) is 0 Å². The fourth-order valence-electron chi connectivity index (χ4n) is 1.73. The predicted molar refractivity (Wildman–Crippen MR) is 69.1 cm³/mol. The number of amides is 1. The lowest BCUT2D eigenvalue weighted by molar-refractivity contribution is 0.0303. The van der Waals surface area contributed by atoms with Crippen molar-refractivity contribution in [1.82, 2.24) is 4.90 Å². The van der Waals surface area contributed by atoms with Gasteiger partial charge in [0.2, 0.25) is 0 Å². The minimum absolute atomic E-state index is 0.0304. The molecular weight excluding hydrogens is 236 g/mol. The summed E-state index contributed by atoms with van der Waals surface area (Å²) in [5.74, 6) is 0.0304. The Hall–Kier alpha value is -1.46. The summed E-state index contributed by atoms with van der Waals surface area (Å²) in [6.45, 7) is 2.51. The summed E-state index contributed by atoms with van der Waals surface area (Å²) in [5, 5.41) is 0. The Bertz CT molecular complexity index is 425. The van der Waals surface area contributed by atoms with Gasteiger partial charge in [-0.3, -0.25) is 4.79 Å². The van der Waals surface area contributed by atoms with E-state index >= 15 is 0 Å². The summed E-state index contributed by atoms with van der Waals surface area (Å²) in [7, 11) is 0. The molecule has 1 heterocycles. The molecule has 1 saturated heterocycles. The summed E-state index contributed by atoms with van der Waals surface area (Å²) < 4.78 is 5.21. The first-order chi connectivity index (χ1) is 8.18. The Morgan fingerprint density at radius 1 is 1.18 bits per heavy atom. The molecule has 0 bridgehead atoms. The van der Waals surface area contributed by atoms with Gasteiger partial charge in [-0.2, -0.15) is 0 Å². The van der Waals surface area contributed by atoms with Gasteiger partial charge < -0.3 is 15.4 Å². The van der Waals surface area contributed by atoms with Gasteiger partial charge in [0.05, 0.1) is 13.2 Å². The average Bonchev–Trinajstić information content (AvgIpc) is 2.39. The second-order valence-corrected chi connectivity index (χ2v) is 4.29. The quantitative estimate of drug-likeness (QED) is 0.789. The van der Waals surface area contributed by atoms with Crippen molar-refractivity contribution in [1.29, 1.82) is 0 Å². The molecule has 2 rings (SSSR count). The molecule has 17 heavy (non-hydrogen) atoms. The van der Waals surface area contributed by atoms with Crippen molar-refractivity contribution in [2.75, 3.05) is 26.3 Å². The molecule has 1 aromatic carbocycles. The second-order valence-electron chi connectivity index (χ2n) is 3.85. The van der Waals surface area contributed by atoms with Gasteiger partial charge in [0.25, 0.3) is 5.91 Å². The Kier molecular flexibility index (Phi) is 3.71. The van der Waals surface area contributed by atoms with Crippen LogP contribution >= 0.6 is 12.2 Å². The zero-order valence-corrected chi connectivity index (χ0v) is 10.2. The largest absolute Gasteiger partial charge is 0.389 e. The van der Waals surface area contributed by atoms with E-state index in [1.165, 1.54) is 0 Å². The van der Waals surface area contributed by atoms with Crippen LogP contribution in [0.3, 0.4) is 0 Å². The first-order valence-corrected chi connectivity index (χ1v) is 5.86. The Morgan fingerprint density at radius 2 is 1.71 bits per heavy atom. The van der Waals surface area contributed by atoms with Crippen molar-refractivity contribution in [3.8, 4) is 0 Å². The third kappa shape index (κ3) is 2.81. The molecule has 1 aliphatic heterocycles. The number of hydrogen-bond acceptors (Lipinski definition) is 3. The maximum absolute atomic E-state index is 12.1. The van der Waals surface area contributed by atoms with Gasteiger partial charge in [-0.15, -0.1) is 0 Å². The SMILES string of the molecule is NC(=S)c1ccc(C(=O)N2CCOCC2)cc1. The van der Waals surface area contributed by atoms with Gasteiger partial charge in [0.15, 0.2) is 0 Å². The molecular formula is C12H14N2O2S. The highest BCUT2D eigenvalue weighted by Crippen LogP contribution is 2.09. The third-order valence-electron chi connectivity index (χ3n) is 2.71. The Labute approximate surface area is 105 Å². The smallest absolute Gasteiger partial charge is 0.254 e. The molecule has 0 spiro atoms. The Balaban J connectivity index is 2.10. The van der Waals surface area contributed by atoms with E-state index in [1.807, 2.05) is 0 Å².